The summed E-state index contributed by atoms with van der Waals surface area (Å²) in [7, 11) is 0. The van der Waals surface area contributed by atoms with Gasteiger partial charge in [-0.05, 0) is 25.1 Å². The van der Waals surface area contributed by atoms with Crippen LogP contribution in [-0.2, 0) is 0 Å². The molecule has 1 aromatic carbocycles. The summed E-state index contributed by atoms with van der Waals surface area (Å²) in [5, 5.41) is 9.00. The zero-order valence-electron chi connectivity index (χ0n) is 10.2. The number of hydrogen-bond donors (Lipinski definition) is 1. The van der Waals surface area contributed by atoms with Crippen LogP contribution in [0.3, 0.4) is 0 Å². The summed E-state index contributed by atoms with van der Waals surface area (Å²) in [6.07, 6.45) is 2.82. The van der Waals surface area contributed by atoms with E-state index in [-0.39, 0.29) is 5.75 Å². The van der Waals surface area contributed by atoms with Crippen molar-refractivity contribution >= 4 is 5.97 Å². The summed E-state index contributed by atoms with van der Waals surface area (Å²) in [4.78, 5) is 15.0. The van der Waals surface area contributed by atoms with E-state index in [4.69, 9.17) is 9.84 Å². The van der Waals surface area contributed by atoms with Crippen LogP contribution in [0.15, 0.2) is 42.7 Å². The summed E-state index contributed by atoms with van der Waals surface area (Å²) < 4.78 is 19.0. The molecule has 1 unspecified atom stereocenters. The predicted octanol–water partition coefficient (Wildman–Crippen LogP) is 3.06. The van der Waals surface area contributed by atoms with Crippen LogP contribution in [0.5, 0.6) is 5.75 Å². The molecule has 19 heavy (non-hydrogen) atoms. The summed E-state index contributed by atoms with van der Waals surface area (Å²) in [5.74, 6) is -2.17. The van der Waals surface area contributed by atoms with E-state index in [9.17, 15) is 9.18 Å². The molecule has 2 rings (SSSR count). The SMILES string of the molecule is CC(Oc1cccc(F)c1C(=O)O)c1cccnc1. The van der Waals surface area contributed by atoms with E-state index in [1.54, 1.807) is 31.5 Å². The Morgan fingerprint density at radius 1 is 1.37 bits per heavy atom. The zero-order chi connectivity index (χ0) is 13.8. The van der Waals surface area contributed by atoms with Gasteiger partial charge in [-0.3, -0.25) is 4.98 Å². The van der Waals surface area contributed by atoms with E-state index in [0.717, 1.165) is 11.6 Å². The van der Waals surface area contributed by atoms with Gasteiger partial charge in [-0.15, -0.1) is 0 Å². The van der Waals surface area contributed by atoms with Crippen molar-refractivity contribution < 1.29 is 19.0 Å². The topological polar surface area (TPSA) is 59.4 Å². The lowest BCUT2D eigenvalue weighted by Crippen LogP contribution is -2.09. The molecular formula is C14H12FNO3. The average molecular weight is 261 g/mol. The summed E-state index contributed by atoms with van der Waals surface area (Å²) >= 11 is 0. The molecule has 0 saturated carbocycles. The molecule has 0 amide bonds. The van der Waals surface area contributed by atoms with Crippen LogP contribution in [0.2, 0.25) is 0 Å². The smallest absolute Gasteiger partial charge is 0.342 e. The van der Waals surface area contributed by atoms with E-state index in [2.05, 4.69) is 4.98 Å². The third-order valence-electron chi connectivity index (χ3n) is 2.65. The van der Waals surface area contributed by atoms with E-state index in [1.807, 2.05) is 0 Å². The van der Waals surface area contributed by atoms with Gasteiger partial charge in [-0.2, -0.15) is 0 Å². The predicted molar refractivity (Wildman–Crippen MR) is 66.6 cm³/mol. The maximum atomic E-state index is 13.5. The molecule has 1 heterocycles. The highest BCUT2D eigenvalue weighted by molar-refractivity contribution is 5.91. The van der Waals surface area contributed by atoms with Crippen molar-refractivity contribution in [2.24, 2.45) is 0 Å². The van der Waals surface area contributed by atoms with Gasteiger partial charge in [-0.1, -0.05) is 12.1 Å². The monoisotopic (exact) mass is 261 g/mol. The zero-order valence-corrected chi connectivity index (χ0v) is 10.2. The van der Waals surface area contributed by atoms with Crippen LogP contribution in [0, 0.1) is 5.82 Å². The minimum atomic E-state index is -1.36. The van der Waals surface area contributed by atoms with Gasteiger partial charge in [0.05, 0.1) is 0 Å². The molecule has 0 saturated heterocycles. The number of aromatic nitrogens is 1. The molecular weight excluding hydrogens is 249 g/mol. The van der Waals surface area contributed by atoms with Crippen molar-refractivity contribution in [2.75, 3.05) is 0 Å². The van der Waals surface area contributed by atoms with Crippen molar-refractivity contribution in [3.05, 3.63) is 59.7 Å². The molecule has 0 spiro atoms. The lowest BCUT2D eigenvalue weighted by molar-refractivity contribution is 0.0684. The van der Waals surface area contributed by atoms with Crippen molar-refractivity contribution in [3.8, 4) is 5.75 Å². The number of benzene rings is 1. The largest absolute Gasteiger partial charge is 0.485 e. The highest BCUT2D eigenvalue weighted by atomic mass is 19.1. The Bertz CT molecular complexity index is 586. The summed E-state index contributed by atoms with van der Waals surface area (Å²) in [5.41, 5.74) is 0.321. The fourth-order valence-corrected chi connectivity index (χ4v) is 1.69. The Morgan fingerprint density at radius 3 is 2.79 bits per heavy atom. The first-order valence-corrected chi connectivity index (χ1v) is 5.68. The van der Waals surface area contributed by atoms with E-state index < -0.39 is 23.5 Å². The Morgan fingerprint density at radius 2 is 2.16 bits per heavy atom. The van der Waals surface area contributed by atoms with E-state index in [1.165, 1.54) is 12.1 Å². The molecule has 5 heteroatoms. The normalized spacial score (nSPS) is 11.9. The van der Waals surface area contributed by atoms with Crippen LogP contribution in [0.1, 0.15) is 28.9 Å². The van der Waals surface area contributed by atoms with E-state index >= 15 is 0 Å². The van der Waals surface area contributed by atoms with Crippen molar-refractivity contribution in [1.82, 2.24) is 4.98 Å². The van der Waals surface area contributed by atoms with Gasteiger partial charge in [0, 0.05) is 18.0 Å². The molecule has 1 N–H and O–H groups in total. The molecule has 0 fully saturated rings. The molecule has 0 aliphatic carbocycles. The van der Waals surface area contributed by atoms with Gasteiger partial charge in [0.15, 0.2) is 0 Å². The Kier molecular flexibility index (Phi) is 3.75. The quantitative estimate of drug-likeness (QED) is 0.918. The van der Waals surface area contributed by atoms with Crippen LogP contribution >= 0.6 is 0 Å². The van der Waals surface area contributed by atoms with Gasteiger partial charge in [0.2, 0.25) is 0 Å². The van der Waals surface area contributed by atoms with Gasteiger partial charge < -0.3 is 9.84 Å². The first-order valence-electron chi connectivity index (χ1n) is 5.68. The molecule has 4 nitrogen and oxygen atoms in total. The molecule has 0 bridgehead atoms. The van der Waals surface area contributed by atoms with Crippen LogP contribution in [0.25, 0.3) is 0 Å². The van der Waals surface area contributed by atoms with Crippen molar-refractivity contribution in [1.29, 1.82) is 0 Å². The number of hydrogen-bond acceptors (Lipinski definition) is 3. The number of ether oxygens (including phenoxy) is 1. The molecule has 1 atom stereocenters. The number of carboxylic acids is 1. The Hall–Kier alpha value is -2.43. The second-order valence-corrected chi connectivity index (χ2v) is 3.96. The standard InChI is InChI=1S/C14H12FNO3/c1-9(10-4-3-7-16-8-10)19-12-6-2-5-11(15)13(12)14(17)18/h2-9H,1H3,(H,17,18). The second kappa shape index (κ2) is 5.48. The van der Waals surface area contributed by atoms with Gasteiger partial charge >= 0.3 is 5.97 Å². The summed E-state index contributed by atoms with van der Waals surface area (Å²) in [6.45, 7) is 1.74. The first kappa shape index (κ1) is 13.0. The third kappa shape index (κ3) is 2.88. The lowest BCUT2D eigenvalue weighted by atomic mass is 10.1. The first-order chi connectivity index (χ1) is 9.09. The lowest BCUT2D eigenvalue weighted by Gasteiger charge is -2.16. The van der Waals surface area contributed by atoms with Crippen LogP contribution in [-0.4, -0.2) is 16.1 Å². The second-order valence-electron chi connectivity index (χ2n) is 3.96. The van der Waals surface area contributed by atoms with E-state index in [0.29, 0.717) is 0 Å². The van der Waals surface area contributed by atoms with Crippen LogP contribution in [0.4, 0.5) is 4.39 Å². The maximum absolute atomic E-state index is 13.5. The molecule has 0 aliphatic rings. The average Bonchev–Trinajstić information content (AvgIpc) is 2.39. The van der Waals surface area contributed by atoms with Crippen LogP contribution < -0.4 is 4.74 Å². The number of rotatable bonds is 4. The van der Waals surface area contributed by atoms with Gasteiger partial charge in [-0.25, -0.2) is 9.18 Å². The Labute approximate surface area is 109 Å². The minimum Gasteiger partial charge on any atom is -0.485 e. The third-order valence-corrected chi connectivity index (χ3v) is 2.65. The Balaban J connectivity index is 2.29. The van der Waals surface area contributed by atoms with Crippen molar-refractivity contribution in [3.63, 3.8) is 0 Å². The van der Waals surface area contributed by atoms with Crippen molar-refractivity contribution in [2.45, 2.75) is 13.0 Å². The van der Waals surface area contributed by atoms with Gasteiger partial charge in [0.25, 0.3) is 0 Å². The number of carboxylic acid groups (broad SMARTS) is 1. The fourth-order valence-electron chi connectivity index (χ4n) is 1.69. The van der Waals surface area contributed by atoms with Gasteiger partial charge in [0.1, 0.15) is 23.2 Å². The number of carbonyl (C=O) groups is 1. The molecule has 1 aromatic heterocycles. The summed E-state index contributed by atoms with van der Waals surface area (Å²) in [6, 6.07) is 7.48. The molecule has 2 aromatic rings. The highest BCUT2D eigenvalue weighted by Gasteiger charge is 2.19. The number of aromatic carboxylic acids is 1. The molecule has 0 radical (unpaired) electrons. The number of pyridine rings is 1. The molecule has 98 valence electrons. The fraction of sp³-hybridized carbons (Fsp3) is 0.143. The maximum Gasteiger partial charge on any atom is 0.342 e. The number of nitrogens with zero attached hydrogens (tertiary/aromatic N) is 1. The highest BCUT2D eigenvalue weighted by Crippen LogP contribution is 2.26. The number of halogens is 1. The minimum absolute atomic E-state index is 0.00357. The molecule has 0 aliphatic heterocycles.